The van der Waals surface area contributed by atoms with Crippen molar-refractivity contribution in [3.8, 4) is 5.75 Å². The van der Waals surface area contributed by atoms with Crippen LogP contribution in [0, 0.1) is 0 Å². The van der Waals surface area contributed by atoms with Crippen molar-refractivity contribution in [2.45, 2.75) is 6.92 Å². The van der Waals surface area contributed by atoms with E-state index in [1.54, 1.807) is 6.21 Å². The third-order valence-corrected chi connectivity index (χ3v) is 2.76. The van der Waals surface area contributed by atoms with Gasteiger partial charge in [0.15, 0.2) is 0 Å². The Hall–Kier alpha value is -2.88. The fraction of sp³-hybridized carbons (Fsp3) is 0.0588. The highest BCUT2D eigenvalue weighted by atomic mass is 16.3. The molecule has 2 rings (SSSR count). The lowest BCUT2D eigenvalue weighted by atomic mass is 10.1. The zero-order valence-electron chi connectivity index (χ0n) is 11.7. The number of rotatable bonds is 4. The molecule has 0 spiro atoms. The van der Waals surface area contributed by atoms with Crippen LogP contribution in [0.15, 0.2) is 65.3 Å². The van der Waals surface area contributed by atoms with Gasteiger partial charge in [0.2, 0.25) is 0 Å². The SMILES string of the molecule is CC(C=NNC(=O)c1ccc(O)cc1)=Cc1ccccc1. The van der Waals surface area contributed by atoms with Crippen LogP contribution in [0.1, 0.15) is 22.8 Å². The van der Waals surface area contributed by atoms with Crippen LogP contribution in [0.4, 0.5) is 0 Å². The molecule has 0 aromatic heterocycles. The lowest BCUT2D eigenvalue weighted by Gasteiger charge is -2.00. The highest BCUT2D eigenvalue weighted by Gasteiger charge is 2.02. The molecule has 4 nitrogen and oxygen atoms in total. The largest absolute Gasteiger partial charge is 0.508 e. The lowest BCUT2D eigenvalue weighted by molar-refractivity contribution is 0.0955. The van der Waals surface area contributed by atoms with Crippen LogP contribution in [0.3, 0.4) is 0 Å². The summed E-state index contributed by atoms with van der Waals surface area (Å²) in [5.41, 5.74) is 4.88. The predicted octanol–water partition coefficient (Wildman–Crippen LogP) is 3.21. The van der Waals surface area contributed by atoms with E-state index in [2.05, 4.69) is 10.5 Å². The highest BCUT2D eigenvalue weighted by Crippen LogP contribution is 2.09. The average Bonchev–Trinajstić information content (AvgIpc) is 2.49. The van der Waals surface area contributed by atoms with Crippen molar-refractivity contribution in [2.75, 3.05) is 0 Å². The van der Waals surface area contributed by atoms with Gasteiger partial charge in [-0.25, -0.2) is 5.43 Å². The number of nitrogens with one attached hydrogen (secondary N) is 1. The van der Waals surface area contributed by atoms with E-state index >= 15 is 0 Å². The number of hydrogen-bond acceptors (Lipinski definition) is 3. The van der Waals surface area contributed by atoms with Gasteiger partial charge in [0.1, 0.15) is 5.75 Å². The Morgan fingerprint density at radius 2 is 1.76 bits per heavy atom. The number of carbonyl (C=O) groups is 1. The van der Waals surface area contributed by atoms with Crippen molar-refractivity contribution in [3.05, 3.63) is 71.3 Å². The summed E-state index contributed by atoms with van der Waals surface area (Å²) in [6.45, 7) is 1.91. The predicted molar refractivity (Wildman–Crippen MR) is 84.2 cm³/mol. The van der Waals surface area contributed by atoms with Gasteiger partial charge in [-0.3, -0.25) is 4.79 Å². The summed E-state index contributed by atoms with van der Waals surface area (Å²) in [6, 6.07) is 15.8. The molecule has 0 saturated heterocycles. The summed E-state index contributed by atoms with van der Waals surface area (Å²) in [4.78, 5) is 11.8. The van der Waals surface area contributed by atoms with Crippen molar-refractivity contribution in [3.63, 3.8) is 0 Å². The summed E-state index contributed by atoms with van der Waals surface area (Å²) in [7, 11) is 0. The van der Waals surface area contributed by atoms with Crippen LogP contribution < -0.4 is 5.43 Å². The maximum absolute atomic E-state index is 11.8. The third kappa shape index (κ3) is 4.62. The smallest absolute Gasteiger partial charge is 0.271 e. The van der Waals surface area contributed by atoms with Crippen LogP contribution in [-0.2, 0) is 0 Å². The zero-order chi connectivity index (χ0) is 15.1. The molecular formula is C17H16N2O2. The van der Waals surface area contributed by atoms with Gasteiger partial charge in [-0.2, -0.15) is 5.10 Å². The molecule has 0 heterocycles. The van der Waals surface area contributed by atoms with E-state index in [9.17, 15) is 4.79 Å². The minimum atomic E-state index is -0.321. The molecule has 2 aromatic carbocycles. The number of hydrogen-bond donors (Lipinski definition) is 2. The van der Waals surface area contributed by atoms with Crippen molar-refractivity contribution < 1.29 is 9.90 Å². The maximum atomic E-state index is 11.8. The zero-order valence-corrected chi connectivity index (χ0v) is 11.7. The molecule has 0 unspecified atom stereocenters. The van der Waals surface area contributed by atoms with Crippen LogP contribution in [0.2, 0.25) is 0 Å². The molecule has 0 aliphatic rings. The number of benzene rings is 2. The normalized spacial score (nSPS) is 11.6. The van der Waals surface area contributed by atoms with Crippen molar-refractivity contribution in [1.82, 2.24) is 5.43 Å². The number of phenols is 1. The Bertz CT molecular complexity index is 659. The lowest BCUT2D eigenvalue weighted by Crippen LogP contribution is -2.17. The summed E-state index contributed by atoms with van der Waals surface area (Å²) in [5, 5.41) is 13.1. The number of hydrazone groups is 1. The van der Waals surface area contributed by atoms with Crippen LogP contribution in [0.5, 0.6) is 5.75 Å². The number of aromatic hydroxyl groups is 1. The summed E-state index contributed by atoms with van der Waals surface area (Å²) in [6.07, 6.45) is 3.56. The van der Waals surface area contributed by atoms with E-state index in [-0.39, 0.29) is 11.7 Å². The van der Waals surface area contributed by atoms with Gasteiger partial charge in [0, 0.05) is 5.56 Å². The van der Waals surface area contributed by atoms with Gasteiger partial charge in [-0.1, -0.05) is 36.4 Å². The number of allylic oxidation sites excluding steroid dienone is 1. The second kappa shape index (κ2) is 7.05. The number of carbonyl (C=O) groups excluding carboxylic acids is 1. The second-order valence-electron chi connectivity index (χ2n) is 4.55. The minimum Gasteiger partial charge on any atom is -0.508 e. The van der Waals surface area contributed by atoms with Crippen molar-refractivity contribution in [1.29, 1.82) is 0 Å². The standard InChI is InChI=1S/C17H16N2O2/c1-13(11-14-5-3-2-4-6-14)12-18-19-17(21)15-7-9-16(20)10-8-15/h2-12,20H,1H3,(H,19,21). The van der Waals surface area contributed by atoms with Crippen LogP contribution >= 0.6 is 0 Å². The molecule has 1 amide bonds. The van der Waals surface area contributed by atoms with Gasteiger partial charge < -0.3 is 5.11 Å². The summed E-state index contributed by atoms with van der Waals surface area (Å²) < 4.78 is 0. The molecule has 0 radical (unpaired) electrons. The quantitative estimate of drug-likeness (QED) is 0.667. The van der Waals surface area contributed by atoms with Gasteiger partial charge >= 0.3 is 0 Å². The Balaban J connectivity index is 1.94. The monoisotopic (exact) mass is 280 g/mol. The van der Waals surface area contributed by atoms with Gasteiger partial charge in [0.25, 0.3) is 5.91 Å². The average molecular weight is 280 g/mol. The van der Waals surface area contributed by atoms with E-state index in [4.69, 9.17) is 5.11 Å². The first-order valence-electron chi connectivity index (χ1n) is 6.51. The van der Waals surface area contributed by atoms with E-state index in [1.165, 1.54) is 24.3 Å². The maximum Gasteiger partial charge on any atom is 0.271 e. The number of phenolic OH excluding ortho intramolecular Hbond substituents is 1. The molecule has 21 heavy (non-hydrogen) atoms. The fourth-order valence-electron chi connectivity index (χ4n) is 1.72. The molecule has 106 valence electrons. The van der Waals surface area contributed by atoms with Crippen LogP contribution in [0.25, 0.3) is 6.08 Å². The van der Waals surface area contributed by atoms with Gasteiger partial charge in [-0.05, 0) is 42.3 Å². The Morgan fingerprint density at radius 1 is 1.10 bits per heavy atom. The molecule has 0 saturated carbocycles. The van der Waals surface area contributed by atoms with Gasteiger partial charge in [0.05, 0.1) is 6.21 Å². The molecule has 2 aromatic rings. The first-order valence-corrected chi connectivity index (χ1v) is 6.51. The van der Waals surface area contributed by atoms with Crippen molar-refractivity contribution in [2.24, 2.45) is 5.10 Å². The molecule has 0 aliphatic carbocycles. The summed E-state index contributed by atoms with van der Waals surface area (Å²) >= 11 is 0. The second-order valence-corrected chi connectivity index (χ2v) is 4.55. The van der Waals surface area contributed by atoms with Crippen LogP contribution in [-0.4, -0.2) is 17.2 Å². The Kier molecular flexibility index (Phi) is 4.88. The minimum absolute atomic E-state index is 0.122. The van der Waals surface area contributed by atoms with E-state index in [0.29, 0.717) is 5.56 Å². The molecule has 2 N–H and O–H groups in total. The van der Waals surface area contributed by atoms with E-state index in [0.717, 1.165) is 11.1 Å². The number of nitrogens with zero attached hydrogens (tertiary/aromatic N) is 1. The molecule has 4 heteroatoms. The molecule has 0 atom stereocenters. The molecule has 0 aliphatic heterocycles. The topological polar surface area (TPSA) is 61.7 Å². The first kappa shape index (κ1) is 14.5. The van der Waals surface area contributed by atoms with Gasteiger partial charge in [-0.15, -0.1) is 0 Å². The van der Waals surface area contributed by atoms with E-state index in [1.807, 2.05) is 43.3 Å². The molecular weight excluding hydrogens is 264 g/mol. The number of amides is 1. The Morgan fingerprint density at radius 3 is 2.43 bits per heavy atom. The molecule has 0 bridgehead atoms. The summed E-state index contributed by atoms with van der Waals surface area (Å²) in [5.74, 6) is -0.199. The highest BCUT2D eigenvalue weighted by molar-refractivity contribution is 5.95. The van der Waals surface area contributed by atoms with Crippen molar-refractivity contribution >= 4 is 18.2 Å². The van der Waals surface area contributed by atoms with E-state index < -0.39 is 0 Å². The fourth-order valence-corrected chi connectivity index (χ4v) is 1.72. The first-order chi connectivity index (χ1) is 10.1. The molecule has 0 fully saturated rings. The third-order valence-electron chi connectivity index (χ3n) is 2.76. The Labute approximate surface area is 123 Å².